The minimum absolute atomic E-state index is 0.0484. The lowest BCUT2D eigenvalue weighted by molar-refractivity contribution is -0.123. The van der Waals surface area contributed by atoms with Crippen LogP contribution < -0.4 is 10.2 Å². The molecule has 3 aromatic rings. The Morgan fingerprint density at radius 1 is 0.889 bits per heavy atom. The highest BCUT2D eigenvalue weighted by Gasteiger charge is 2.40. The first-order valence-corrected chi connectivity index (χ1v) is 13.2. The van der Waals surface area contributed by atoms with E-state index >= 15 is 0 Å². The molecule has 2 fully saturated rings. The summed E-state index contributed by atoms with van der Waals surface area (Å²) in [7, 11) is 0. The highest BCUT2D eigenvalue weighted by atomic mass is 35.5. The fraction of sp³-hybridized carbons (Fsp3) is 0.333. The Morgan fingerprint density at radius 2 is 1.67 bits per heavy atom. The van der Waals surface area contributed by atoms with E-state index in [9.17, 15) is 9.59 Å². The largest absolute Gasteiger partial charge is 0.371 e. The Kier molecular flexibility index (Phi) is 7.28. The molecule has 2 saturated heterocycles. The van der Waals surface area contributed by atoms with E-state index in [1.807, 2.05) is 60.4 Å². The SMILES string of the molecule is Cc1cc(Cl)ccc1C(=O)N1CCC[C@H](C(=O)Nc2cccc(N3CCCC3)c2)[C@@H]1c1ccccc1. The highest BCUT2D eigenvalue weighted by Crippen LogP contribution is 2.38. The number of benzene rings is 3. The van der Waals surface area contributed by atoms with E-state index in [1.54, 1.807) is 12.1 Å². The fourth-order valence-corrected chi connectivity index (χ4v) is 5.80. The number of anilines is 2. The standard InChI is InChI=1S/C30H32ClN3O2/c1-21-19-23(31)14-15-26(21)30(36)34-18-8-13-27(28(34)22-9-3-2-4-10-22)29(35)32-24-11-7-12-25(20-24)33-16-5-6-17-33/h2-4,7,9-12,14-15,19-20,27-28H,5-6,8,13,16-18H2,1H3,(H,32,35)/t27-,28-/m0/s1. The van der Waals surface area contributed by atoms with Gasteiger partial charge in [0.15, 0.2) is 0 Å². The molecule has 186 valence electrons. The number of likely N-dealkylation sites (tertiary alicyclic amines) is 1. The molecule has 2 aliphatic rings. The predicted octanol–water partition coefficient (Wildman–Crippen LogP) is 6.48. The van der Waals surface area contributed by atoms with Crippen LogP contribution in [-0.4, -0.2) is 36.3 Å². The van der Waals surface area contributed by atoms with Crippen molar-refractivity contribution in [1.82, 2.24) is 4.90 Å². The highest BCUT2D eigenvalue weighted by molar-refractivity contribution is 6.30. The molecule has 0 aromatic heterocycles. The molecular formula is C30H32ClN3O2. The number of nitrogens with zero attached hydrogens (tertiary/aromatic N) is 2. The van der Waals surface area contributed by atoms with Crippen molar-refractivity contribution in [3.63, 3.8) is 0 Å². The first-order valence-electron chi connectivity index (χ1n) is 12.8. The van der Waals surface area contributed by atoms with Gasteiger partial charge in [0.1, 0.15) is 0 Å². The summed E-state index contributed by atoms with van der Waals surface area (Å²) in [5.41, 5.74) is 4.38. The lowest BCUT2D eigenvalue weighted by atomic mass is 9.83. The Bertz CT molecular complexity index is 1240. The first-order chi connectivity index (χ1) is 17.5. The van der Waals surface area contributed by atoms with Gasteiger partial charge in [-0.2, -0.15) is 0 Å². The van der Waals surface area contributed by atoms with E-state index in [4.69, 9.17) is 11.6 Å². The van der Waals surface area contributed by atoms with Crippen molar-refractivity contribution in [1.29, 1.82) is 0 Å². The Balaban J connectivity index is 1.43. The summed E-state index contributed by atoms with van der Waals surface area (Å²) in [5.74, 6) is -0.465. The molecule has 0 spiro atoms. The first kappa shape index (κ1) is 24.4. The van der Waals surface area contributed by atoms with Gasteiger partial charge in [-0.3, -0.25) is 9.59 Å². The Labute approximate surface area is 218 Å². The summed E-state index contributed by atoms with van der Waals surface area (Å²) in [4.78, 5) is 31.7. The molecule has 2 heterocycles. The number of piperidine rings is 1. The average Bonchev–Trinajstić information content (AvgIpc) is 3.44. The second-order valence-electron chi connectivity index (χ2n) is 9.80. The van der Waals surface area contributed by atoms with Gasteiger partial charge in [0.25, 0.3) is 5.91 Å². The number of carbonyl (C=O) groups excluding carboxylic acids is 2. The topological polar surface area (TPSA) is 52.7 Å². The zero-order chi connectivity index (χ0) is 25.1. The quantitative estimate of drug-likeness (QED) is 0.435. The van der Waals surface area contributed by atoms with E-state index in [-0.39, 0.29) is 23.8 Å². The van der Waals surface area contributed by atoms with Crippen molar-refractivity contribution >= 4 is 34.8 Å². The summed E-state index contributed by atoms with van der Waals surface area (Å²) < 4.78 is 0. The lowest BCUT2D eigenvalue weighted by Gasteiger charge is -2.41. The Hall–Kier alpha value is -3.31. The third-order valence-corrected chi connectivity index (χ3v) is 7.61. The number of nitrogens with one attached hydrogen (secondary N) is 1. The van der Waals surface area contributed by atoms with Crippen molar-refractivity contribution in [3.8, 4) is 0 Å². The third kappa shape index (κ3) is 5.12. The molecule has 0 aliphatic carbocycles. The monoisotopic (exact) mass is 501 g/mol. The van der Waals surface area contributed by atoms with Crippen LogP contribution in [0.1, 0.15) is 53.2 Å². The van der Waals surface area contributed by atoms with Gasteiger partial charge in [-0.15, -0.1) is 0 Å². The molecule has 1 N–H and O–H groups in total. The molecule has 3 aromatic carbocycles. The molecule has 0 radical (unpaired) electrons. The second kappa shape index (κ2) is 10.8. The molecule has 2 amide bonds. The fourth-order valence-electron chi connectivity index (χ4n) is 5.57. The van der Waals surface area contributed by atoms with E-state index in [0.29, 0.717) is 17.1 Å². The molecule has 2 atom stereocenters. The summed E-state index contributed by atoms with van der Waals surface area (Å²) >= 11 is 6.15. The van der Waals surface area contributed by atoms with Crippen LogP contribution in [0.15, 0.2) is 72.8 Å². The van der Waals surface area contributed by atoms with Crippen LogP contribution in [0.4, 0.5) is 11.4 Å². The number of aryl methyl sites for hydroxylation is 1. The Morgan fingerprint density at radius 3 is 2.42 bits per heavy atom. The van der Waals surface area contributed by atoms with Gasteiger partial charge in [0.2, 0.25) is 5.91 Å². The maximum Gasteiger partial charge on any atom is 0.254 e. The average molecular weight is 502 g/mol. The molecular weight excluding hydrogens is 470 g/mol. The van der Waals surface area contributed by atoms with Gasteiger partial charge in [0, 0.05) is 41.6 Å². The van der Waals surface area contributed by atoms with Crippen LogP contribution in [0, 0.1) is 12.8 Å². The third-order valence-electron chi connectivity index (χ3n) is 7.37. The molecule has 0 unspecified atom stereocenters. The van der Waals surface area contributed by atoms with Gasteiger partial charge in [-0.05, 0) is 80.1 Å². The van der Waals surface area contributed by atoms with E-state index in [0.717, 1.165) is 48.4 Å². The maximum absolute atomic E-state index is 13.8. The number of hydrogen-bond acceptors (Lipinski definition) is 3. The number of rotatable bonds is 5. The number of amides is 2. The molecule has 5 nitrogen and oxygen atoms in total. The van der Waals surface area contributed by atoms with Gasteiger partial charge in [-0.25, -0.2) is 0 Å². The van der Waals surface area contributed by atoms with Crippen LogP contribution in [0.2, 0.25) is 5.02 Å². The van der Waals surface area contributed by atoms with Crippen molar-refractivity contribution in [3.05, 3.63) is 94.5 Å². The zero-order valence-electron chi connectivity index (χ0n) is 20.6. The van der Waals surface area contributed by atoms with Crippen LogP contribution in [-0.2, 0) is 4.79 Å². The minimum atomic E-state index is -0.354. The summed E-state index contributed by atoms with van der Waals surface area (Å²) in [6.45, 7) is 4.61. The maximum atomic E-state index is 13.8. The normalized spacial score (nSPS) is 19.8. The van der Waals surface area contributed by atoms with Crippen molar-refractivity contribution < 1.29 is 9.59 Å². The summed E-state index contributed by atoms with van der Waals surface area (Å²) in [5, 5.41) is 3.78. The smallest absolute Gasteiger partial charge is 0.254 e. The van der Waals surface area contributed by atoms with Crippen LogP contribution in [0.5, 0.6) is 0 Å². The van der Waals surface area contributed by atoms with Crippen molar-refractivity contribution in [2.24, 2.45) is 5.92 Å². The van der Waals surface area contributed by atoms with Crippen LogP contribution >= 0.6 is 11.6 Å². The molecule has 5 rings (SSSR count). The number of hydrogen-bond donors (Lipinski definition) is 1. The van der Waals surface area contributed by atoms with Gasteiger partial charge < -0.3 is 15.1 Å². The molecule has 36 heavy (non-hydrogen) atoms. The van der Waals surface area contributed by atoms with Crippen LogP contribution in [0.25, 0.3) is 0 Å². The molecule has 6 heteroatoms. The lowest BCUT2D eigenvalue weighted by Crippen LogP contribution is -2.46. The number of halogens is 1. The van der Waals surface area contributed by atoms with Gasteiger partial charge in [0.05, 0.1) is 12.0 Å². The summed E-state index contributed by atoms with van der Waals surface area (Å²) in [6.07, 6.45) is 3.90. The second-order valence-corrected chi connectivity index (χ2v) is 10.2. The van der Waals surface area contributed by atoms with Crippen LogP contribution in [0.3, 0.4) is 0 Å². The summed E-state index contributed by atoms with van der Waals surface area (Å²) in [6, 6.07) is 23.0. The van der Waals surface area contributed by atoms with E-state index in [1.165, 1.54) is 12.8 Å². The molecule has 0 bridgehead atoms. The van der Waals surface area contributed by atoms with Crippen molar-refractivity contribution in [2.45, 2.75) is 38.6 Å². The minimum Gasteiger partial charge on any atom is -0.371 e. The predicted molar refractivity (Wildman–Crippen MR) is 146 cm³/mol. The van der Waals surface area contributed by atoms with Crippen molar-refractivity contribution in [2.75, 3.05) is 29.9 Å². The van der Waals surface area contributed by atoms with Gasteiger partial charge >= 0.3 is 0 Å². The van der Waals surface area contributed by atoms with E-state index < -0.39 is 0 Å². The number of carbonyl (C=O) groups is 2. The van der Waals surface area contributed by atoms with Gasteiger partial charge in [-0.1, -0.05) is 48.0 Å². The van der Waals surface area contributed by atoms with E-state index in [2.05, 4.69) is 22.3 Å². The molecule has 2 aliphatic heterocycles. The molecule has 0 saturated carbocycles. The zero-order valence-corrected chi connectivity index (χ0v) is 21.4.